The van der Waals surface area contributed by atoms with Crippen LogP contribution in [0, 0.1) is 0 Å². The zero-order valence-corrected chi connectivity index (χ0v) is 15.9. The van der Waals surface area contributed by atoms with Crippen molar-refractivity contribution in [1.82, 2.24) is 9.29 Å². The molecule has 6 heteroatoms. The van der Waals surface area contributed by atoms with E-state index < -0.39 is 10.0 Å². The van der Waals surface area contributed by atoms with E-state index in [0.29, 0.717) is 16.3 Å². The van der Waals surface area contributed by atoms with Crippen LogP contribution >= 0.6 is 0 Å². The van der Waals surface area contributed by atoms with Crippen molar-refractivity contribution in [3.8, 4) is 0 Å². The van der Waals surface area contributed by atoms with Gasteiger partial charge in [0.05, 0.1) is 29.9 Å². The minimum atomic E-state index is -3.68. The van der Waals surface area contributed by atoms with Crippen LogP contribution in [-0.4, -0.2) is 17.7 Å². The second kappa shape index (κ2) is 7.66. The monoisotopic (exact) mass is 382 g/mol. The largest absolute Gasteiger partial charge is 0.468 e. The SMILES string of the molecule is O=S(=O)(c1ccc2c(c1)CCCC2)N(Cc1ccccn1)Cc1ccco1. The zero-order chi connectivity index (χ0) is 18.7. The molecule has 1 aliphatic carbocycles. The predicted molar refractivity (Wildman–Crippen MR) is 102 cm³/mol. The van der Waals surface area contributed by atoms with Gasteiger partial charge in [0.25, 0.3) is 0 Å². The second-order valence-electron chi connectivity index (χ2n) is 6.81. The van der Waals surface area contributed by atoms with Gasteiger partial charge in [-0.1, -0.05) is 12.1 Å². The maximum absolute atomic E-state index is 13.4. The van der Waals surface area contributed by atoms with Crippen molar-refractivity contribution < 1.29 is 12.8 Å². The molecule has 0 unspecified atom stereocenters. The van der Waals surface area contributed by atoms with E-state index in [1.807, 2.05) is 30.3 Å². The molecular formula is C21H22N2O3S. The number of hydrogen-bond donors (Lipinski definition) is 0. The van der Waals surface area contributed by atoms with E-state index in [1.165, 1.54) is 16.3 Å². The van der Waals surface area contributed by atoms with Gasteiger partial charge in [0.1, 0.15) is 5.76 Å². The number of benzene rings is 1. The van der Waals surface area contributed by atoms with Gasteiger partial charge in [-0.3, -0.25) is 4.98 Å². The molecule has 4 rings (SSSR count). The average Bonchev–Trinajstić information content (AvgIpc) is 3.21. The highest BCUT2D eigenvalue weighted by atomic mass is 32.2. The van der Waals surface area contributed by atoms with Crippen LogP contribution in [0.25, 0.3) is 0 Å². The van der Waals surface area contributed by atoms with Crippen molar-refractivity contribution in [1.29, 1.82) is 0 Å². The van der Waals surface area contributed by atoms with Crippen molar-refractivity contribution in [3.05, 3.63) is 83.6 Å². The van der Waals surface area contributed by atoms with Crippen molar-refractivity contribution in [2.45, 2.75) is 43.7 Å². The molecule has 0 fully saturated rings. The number of rotatable bonds is 6. The highest BCUT2D eigenvalue weighted by Gasteiger charge is 2.27. The quantitative estimate of drug-likeness (QED) is 0.648. The predicted octanol–water partition coefficient (Wildman–Crippen LogP) is 3.94. The molecule has 0 atom stereocenters. The average molecular weight is 382 g/mol. The van der Waals surface area contributed by atoms with Crippen molar-refractivity contribution >= 4 is 10.0 Å². The number of nitrogens with zero attached hydrogens (tertiary/aromatic N) is 2. The molecule has 0 amide bonds. The first-order chi connectivity index (χ1) is 13.1. The number of pyridine rings is 1. The molecule has 3 aromatic rings. The molecule has 0 saturated carbocycles. The summed E-state index contributed by atoms with van der Waals surface area (Å²) in [5.74, 6) is 0.604. The first-order valence-corrected chi connectivity index (χ1v) is 10.6. The summed E-state index contributed by atoms with van der Waals surface area (Å²) in [7, 11) is -3.68. The molecule has 2 aromatic heterocycles. The van der Waals surface area contributed by atoms with Gasteiger partial charge < -0.3 is 4.42 Å². The Kier molecular flexibility index (Phi) is 5.09. The topological polar surface area (TPSA) is 63.4 Å². The van der Waals surface area contributed by atoms with E-state index in [1.54, 1.807) is 30.7 Å². The van der Waals surface area contributed by atoms with Gasteiger partial charge in [0, 0.05) is 6.20 Å². The molecule has 0 saturated heterocycles. The Morgan fingerprint density at radius 1 is 0.963 bits per heavy atom. The fraction of sp³-hybridized carbons (Fsp3) is 0.286. The van der Waals surface area contributed by atoms with Crippen molar-refractivity contribution in [2.75, 3.05) is 0 Å². The summed E-state index contributed by atoms with van der Waals surface area (Å²) in [6.45, 7) is 0.365. The minimum absolute atomic E-state index is 0.170. The van der Waals surface area contributed by atoms with Gasteiger partial charge in [-0.25, -0.2) is 8.42 Å². The molecule has 0 bridgehead atoms. The normalized spacial score (nSPS) is 14.3. The van der Waals surface area contributed by atoms with Gasteiger partial charge in [-0.05, 0) is 73.2 Å². The smallest absolute Gasteiger partial charge is 0.243 e. The van der Waals surface area contributed by atoms with Crippen molar-refractivity contribution in [3.63, 3.8) is 0 Å². The summed E-state index contributed by atoms with van der Waals surface area (Å²) in [6, 6.07) is 14.6. The fourth-order valence-electron chi connectivity index (χ4n) is 3.49. The maximum atomic E-state index is 13.4. The van der Waals surface area contributed by atoms with Crippen LogP contribution in [0.1, 0.15) is 35.4 Å². The van der Waals surface area contributed by atoms with Crippen LogP contribution in [0.2, 0.25) is 0 Å². The van der Waals surface area contributed by atoms with E-state index in [2.05, 4.69) is 4.98 Å². The molecular weight excluding hydrogens is 360 g/mol. The van der Waals surface area contributed by atoms with Crippen LogP contribution in [0.3, 0.4) is 0 Å². The molecule has 0 spiro atoms. The number of furan rings is 1. The third-order valence-corrected chi connectivity index (χ3v) is 6.72. The van der Waals surface area contributed by atoms with E-state index in [9.17, 15) is 8.42 Å². The lowest BCUT2D eigenvalue weighted by molar-refractivity contribution is 0.355. The molecule has 27 heavy (non-hydrogen) atoms. The Balaban J connectivity index is 1.68. The summed E-state index contributed by atoms with van der Waals surface area (Å²) < 4.78 is 33.6. The standard InChI is InChI=1S/C21H22N2O3S/c24-27(25,21-11-10-17-6-1-2-7-18(17)14-21)23(16-20-9-5-13-26-20)15-19-8-3-4-12-22-19/h3-5,8-14H,1-2,6-7,15-16H2. The summed E-state index contributed by atoms with van der Waals surface area (Å²) in [6.07, 6.45) is 7.48. The fourth-order valence-corrected chi connectivity index (χ4v) is 4.92. The van der Waals surface area contributed by atoms with E-state index in [-0.39, 0.29) is 13.1 Å². The number of hydrogen-bond acceptors (Lipinski definition) is 4. The Morgan fingerprint density at radius 2 is 1.81 bits per heavy atom. The molecule has 0 aliphatic heterocycles. The number of fused-ring (bicyclic) bond motifs is 1. The van der Waals surface area contributed by atoms with Crippen LogP contribution in [0.15, 0.2) is 70.3 Å². The molecule has 5 nitrogen and oxygen atoms in total. The molecule has 140 valence electrons. The summed E-state index contributed by atoms with van der Waals surface area (Å²) in [5.41, 5.74) is 3.12. The summed E-state index contributed by atoms with van der Waals surface area (Å²) >= 11 is 0. The third kappa shape index (κ3) is 3.96. The number of aromatic nitrogens is 1. The van der Waals surface area contributed by atoms with E-state index >= 15 is 0 Å². The van der Waals surface area contributed by atoms with E-state index in [0.717, 1.165) is 24.8 Å². The second-order valence-corrected chi connectivity index (χ2v) is 8.75. The van der Waals surface area contributed by atoms with Crippen LogP contribution in [0.5, 0.6) is 0 Å². The molecule has 1 aliphatic rings. The van der Waals surface area contributed by atoms with Crippen LogP contribution < -0.4 is 0 Å². The lowest BCUT2D eigenvalue weighted by atomic mass is 9.92. The number of sulfonamides is 1. The first kappa shape index (κ1) is 17.9. The van der Waals surface area contributed by atoms with Gasteiger partial charge in [-0.2, -0.15) is 4.31 Å². The Labute approximate surface area is 159 Å². The Morgan fingerprint density at radius 3 is 2.56 bits per heavy atom. The third-order valence-electron chi connectivity index (χ3n) is 4.93. The Bertz CT molecular complexity index is 999. The van der Waals surface area contributed by atoms with Gasteiger partial charge in [-0.15, -0.1) is 0 Å². The molecule has 0 N–H and O–H groups in total. The highest BCUT2D eigenvalue weighted by molar-refractivity contribution is 7.89. The van der Waals surface area contributed by atoms with Gasteiger partial charge in [0.15, 0.2) is 0 Å². The van der Waals surface area contributed by atoms with E-state index in [4.69, 9.17) is 4.42 Å². The molecule has 0 radical (unpaired) electrons. The highest BCUT2D eigenvalue weighted by Crippen LogP contribution is 2.27. The zero-order valence-electron chi connectivity index (χ0n) is 15.0. The lowest BCUT2D eigenvalue weighted by Crippen LogP contribution is -2.30. The molecule has 1 aromatic carbocycles. The lowest BCUT2D eigenvalue weighted by Gasteiger charge is -2.23. The molecule has 2 heterocycles. The van der Waals surface area contributed by atoms with Crippen LogP contribution in [-0.2, 0) is 36.0 Å². The minimum Gasteiger partial charge on any atom is -0.468 e. The van der Waals surface area contributed by atoms with Crippen molar-refractivity contribution in [2.24, 2.45) is 0 Å². The number of aryl methyl sites for hydroxylation is 2. The summed E-state index contributed by atoms with van der Waals surface area (Å²) in [5, 5.41) is 0. The first-order valence-electron chi connectivity index (χ1n) is 9.17. The summed E-state index contributed by atoms with van der Waals surface area (Å²) in [4.78, 5) is 4.63. The maximum Gasteiger partial charge on any atom is 0.243 e. The van der Waals surface area contributed by atoms with Crippen LogP contribution in [0.4, 0.5) is 0 Å². The van der Waals surface area contributed by atoms with Gasteiger partial charge >= 0.3 is 0 Å². The Hall–Kier alpha value is -2.44. The van der Waals surface area contributed by atoms with Gasteiger partial charge in [0.2, 0.25) is 10.0 Å².